The molecule has 0 radical (unpaired) electrons. The summed E-state index contributed by atoms with van der Waals surface area (Å²) in [6, 6.07) is 7.55. The normalized spacial score (nSPS) is 12.7. The molecule has 0 spiro atoms. The van der Waals surface area contributed by atoms with Crippen LogP contribution in [0.3, 0.4) is 0 Å². The number of nitrogens with one attached hydrogen (secondary N) is 1. The van der Waals surface area contributed by atoms with Crippen molar-refractivity contribution >= 4 is 5.84 Å². The van der Waals surface area contributed by atoms with Crippen LogP contribution in [0.2, 0.25) is 0 Å². The van der Waals surface area contributed by atoms with E-state index in [0.29, 0.717) is 13.1 Å². The molecule has 5 nitrogen and oxygen atoms in total. The first-order chi connectivity index (χ1) is 8.50. The maximum atomic E-state index is 8.73. The molecule has 1 rings (SSSR count). The number of nitrogens with two attached hydrogens (primary N) is 1. The summed E-state index contributed by atoms with van der Waals surface area (Å²) < 4.78 is 5.32. The van der Waals surface area contributed by atoms with Crippen LogP contribution in [0.5, 0.6) is 0 Å². The molecule has 0 fully saturated rings. The number of rotatable bonds is 6. The minimum absolute atomic E-state index is 0.124. The zero-order valence-corrected chi connectivity index (χ0v) is 11.1. The number of amidine groups is 1. The molecule has 0 aliphatic rings. The maximum absolute atomic E-state index is 8.73. The van der Waals surface area contributed by atoms with Gasteiger partial charge in [0.05, 0.1) is 5.60 Å². The highest BCUT2D eigenvalue weighted by Crippen LogP contribution is 2.10. The first-order valence-corrected chi connectivity index (χ1v) is 5.82. The second-order valence-electron chi connectivity index (χ2n) is 4.71. The van der Waals surface area contributed by atoms with Gasteiger partial charge in [0.15, 0.2) is 5.84 Å². The number of methoxy groups -OCH3 is 1. The van der Waals surface area contributed by atoms with Crippen molar-refractivity contribution in [2.45, 2.75) is 26.0 Å². The zero-order chi connectivity index (χ0) is 13.6. The van der Waals surface area contributed by atoms with Crippen LogP contribution in [0.1, 0.15) is 25.0 Å². The molecule has 0 saturated heterocycles. The zero-order valence-electron chi connectivity index (χ0n) is 11.1. The smallest absolute Gasteiger partial charge is 0.170 e. The Balaban J connectivity index is 2.68. The first kappa shape index (κ1) is 14.5. The minimum atomic E-state index is -0.217. The van der Waals surface area contributed by atoms with E-state index in [1.165, 1.54) is 0 Å². The molecule has 0 unspecified atom stereocenters. The van der Waals surface area contributed by atoms with E-state index in [2.05, 4.69) is 10.5 Å². The lowest BCUT2D eigenvalue weighted by Crippen LogP contribution is -2.36. The van der Waals surface area contributed by atoms with E-state index in [9.17, 15) is 0 Å². The summed E-state index contributed by atoms with van der Waals surface area (Å²) in [4.78, 5) is 0. The molecule has 1 aromatic carbocycles. The van der Waals surface area contributed by atoms with E-state index in [4.69, 9.17) is 15.7 Å². The van der Waals surface area contributed by atoms with Gasteiger partial charge in [-0.1, -0.05) is 29.4 Å². The predicted molar refractivity (Wildman–Crippen MR) is 71.7 cm³/mol. The van der Waals surface area contributed by atoms with Crippen molar-refractivity contribution < 1.29 is 9.94 Å². The number of hydrogen-bond acceptors (Lipinski definition) is 4. The van der Waals surface area contributed by atoms with Gasteiger partial charge in [-0.25, -0.2) is 0 Å². The molecule has 0 amide bonds. The van der Waals surface area contributed by atoms with Crippen LogP contribution in [0.15, 0.2) is 29.4 Å². The number of nitrogens with zero attached hydrogens (tertiary/aromatic N) is 1. The Bertz CT molecular complexity index is 416. The lowest BCUT2D eigenvalue weighted by Gasteiger charge is -2.23. The topological polar surface area (TPSA) is 79.9 Å². The quantitative estimate of drug-likeness (QED) is 0.308. The van der Waals surface area contributed by atoms with Gasteiger partial charge in [-0.15, -0.1) is 0 Å². The summed E-state index contributed by atoms with van der Waals surface area (Å²) in [5.41, 5.74) is 7.13. The third-order valence-corrected chi connectivity index (χ3v) is 2.82. The summed E-state index contributed by atoms with van der Waals surface area (Å²) >= 11 is 0. The fraction of sp³-hybridized carbons (Fsp3) is 0.462. The fourth-order valence-electron chi connectivity index (χ4n) is 1.55. The Hall–Kier alpha value is -1.59. The monoisotopic (exact) mass is 251 g/mol. The van der Waals surface area contributed by atoms with E-state index in [1.54, 1.807) is 7.11 Å². The van der Waals surface area contributed by atoms with Crippen molar-refractivity contribution in [3.05, 3.63) is 35.4 Å². The standard InChI is InChI=1S/C13H21N3O2/c1-13(2,18-3)9-15-8-10-6-4-5-7-11(10)12(14)16-17/h4-7,15,17H,8-9H2,1-3H3,(H2,14,16). The van der Waals surface area contributed by atoms with E-state index in [0.717, 1.165) is 11.1 Å². The fourth-order valence-corrected chi connectivity index (χ4v) is 1.55. The summed E-state index contributed by atoms with van der Waals surface area (Å²) in [6.45, 7) is 5.37. The van der Waals surface area contributed by atoms with Crippen molar-refractivity contribution in [3.63, 3.8) is 0 Å². The van der Waals surface area contributed by atoms with Crippen LogP contribution in [0, 0.1) is 0 Å². The van der Waals surface area contributed by atoms with E-state index >= 15 is 0 Å². The van der Waals surface area contributed by atoms with Gasteiger partial charge in [0.2, 0.25) is 0 Å². The van der Waals surface area contributed by atoms with Gasteiger partial charge < -0.3 is 21.0 Å². The van der Waals surface area contributed by atoms with Gasteiger partial charge in [0.25, 0.3) is 0 Å². The van der Waals surface area contributed by atoms with Crippen LogP contribution >= 0.6 is 0 Å². The first-order valence-electron chi connectivity index (χ1n) is 5.82. The van der Waals surface area contributed by atoms with Crippen LogP contribution in [0.25, 0.3) is 0 Å². The van der Waals surface area contributed by atoms with E-state index < -0.39 is 0 Å². The Labute approximate surface area is 108 Å². The molecule has 18 heavy (non-hydrogen) atoms. The Morgan fingerprint density at radius 1 is 1.44 bits per heavy atom. The van der Waals surface area contributed by atoms with Gasteiger partial charge in [-0.3, -0.25) is 0 Å². The van der Waals surface area contributed by atoms with Gasteiger partial charge in [-0.05, 0) is 19.4 Å². The van der Waals surface area contributed by atoms with E-state index in [-0.39, 0.29) is 11.4 Å². The highest BCUT2D eigenvalue weighted by molar-refractivity contribution is 5.98. The summed E-state index contributed by atoms with van der Waals surface area (Å²) in [6.07, 6.45) is 0. The molecular formula is C13H21N3O2. The molecule has 0 atom stereocenters. The SMILES string of the molecule is COC(C)(C)CNCc1ccccc1/C(N)=N/O. The Morgan fingerprint density at radius 3 is 2.72 bits per heavy atom. The summed E-state index contributed by atoms with van der Waals surface area (Å²) in [5.74, 6) is 0.124. The second-order valence-corrected chi connectivity index (χ2v) is 4.71. The molecule has 0 bridgehead atoms. The van der Waals surface area contributed by atoms with Crippen LogP contribution in [0.4, 0.5) is 0 Å². The van der Waals surface area contributed by atoms with Crippen LogP contribution < -0.4 is 11.1 Å². The highest BCUT2D eigenvalue weighted by atomic mass is 16.5. The lowest BCUT2D eigenvalue weighted by molar-refractivity contribution is 0.0230. The third kappa shape index (κ3) is 4.01. The maximum Gasteiger partial charge on any atom is 0.170 e. The molecule has 0 aliphatic heterocycles. The molecule has 5 heteroatoms. The van der Waals surface area contributed by atoms with Crippen molar-refractivity contribution in [3.8, 4) is 0 Å². The van der Waals surface area contributed by atoms with Gasteiger partial charge in [-0.2, -0.15) is 0 Å². The third-order valence-electron chi connectivity index (χ3n) is 2.82. The molecule has 0 aliphatic carbocycles. The van der Waals surface area contributed by atoms with Crippen LogP contribution in [-0.4, -0.2) is 30.3 Å². The molecule has 0 aromatic heterocycles. The summed E-state index contributed by atoms with van der Waals surface area (Å²) in [5, 5.41) is 15.1. The molecule has 0 heterocycles. The second kappa shape index (κ2) is 6.37. The van der Waals surface area contributed by atoms with Crippen molar-refractivity contribution in [1.82, 2.24) is 5.32 Å². The lowest BCUT2D eigenvalue weighted by atomic mass is 10.1. The van der Waals surface area contributed by atoms with Gasteiger partial charge >= 0.3 is 0 Å². The van der Waals surface area contributed by atoms with Crippen molar-refractivity contribution in [2.24, 2.45) is 10.9 Å². The molecule has 0 saturated carbocycles. The van der Waals surface area contributed by atoms with Gasteiger partial charge in [0.1, 0.15) is 0 Å². The average Bonchev–Trinajstić information content (AvgIpc) is 2.38. The molecule has 4 N–H and O–H groups in total. The Morgan fingerprint density at radius 2 is 2.11 bits per heavy atom. The van der Waals surface area contributed by atoms with Gasteiger partial charge in [0, 0.05) is 25.8 Å². The van der Waals surface area contributed by atoms with Crippen LogP contribution in [-0.2, 0) is 11.3 Å². The number of benzene rings is 1. The Kier molecular flexibility index (Phi) is 5.12. The van der Waals surface area contributed by atoms with Crippen molar-refractivity contribution in [1.29, 1.82) is 0 Å². The predicted octanol–water partition coefficient (Wildman–Crippen LogP) is 1.30. The van der Waals surface area contributed by atoms with E-state index in [1.807, 2.05) is 38.1 Å². The number of oxime groups is 1. The number of ether oxygens (including phenoxy) is 1. The number of hydrogen-bond donors (Lipinski definition) is 3. The minimum Gasteiger partial charge on any atom is -0.409 e. The molecule has 100 valence electrons. The highest BCUT2D eigenvalue weighted by Gasteiger charge is 2.15. The summed E-state index contributed by atoms with van der Waals surface area (Å²) in [7, 11) is 1.69. The largest absolute Gasteiger partial charge is 0.409 e. The van der Waals surface area contributed by atoms with Crippen molar-refractivity contribution in [2.75, 3.05) is 13.7 Å². The molecular weight excluding hydrogens is 230 g/mol. The molecule has 1 aromatic rings. The average molecular weight is 251 g/mol.